The molecule has 0 bridgehead atoms. The monoisotopic (exact) mass is 1610 g/mol. The van der Waals surface area contributed by atoms with Crippen LogP contribution in [0, 0.1) is 186 Å². The molecule has 3 aromatic rings. The number of ketones is 6. The minimum atomic E-state index is -0.601. The minimum Gasteiger partial charge on any atom is -0.425 e. The van der Waals surface area contributed by atoms with Crippen LogP contribution in [-0.2, 0) is 52.1 Å². The first-order valence-corrected chi connectivity index (χ1v) is 45.9. The van der Waals surface area contributed by atoms with E-state index in [0.29, 0.717) is 42.5 Å². The van der Waals surface area contributed by atoms with Crippen LogP contribution in [0.5, 0.6) is 0 Å². The molecular weight excluding hydrogens is 1480 g/mol. The molecule has 0 radical (unpaired) electrons. The summed E-state index contributed by atoms with van der Waals surface area (Å²) < 4.78 is 6.17. The Kier molecular flexibility index (Phi) is 18.9. The Morgan fingerprint density at radius 1 is 0.393 bits per heavy atom. The number of aromatic nitrogens is 8. The molecule has 630 valence electrons. The number of aryl methyl sites for hydroxylation is 3. The number of Topliss-reactive ketones (excluding diaryl/α,β-unsaturated/α-hetero) is 6. The van der Waals surface area contributed by atoms with E-state index in [1.165, 1.54) is 0 Å². The Balaban J connectivity index is 0.000000131. The first-order chi connectivity index (χ1) is 54.2. The van der Waals surface area contributed by atoms with Gasteiger partial charge in [0, 0.05) is 71.0 Å². The van der Waals surface area contributed by atoms with Crippen molar-refractivity contribution >= 4 is 46.0 Å². The van der Waals surface area contributed by atoms with Gasteiger partial charge in [-0.05, 0) is 265 Å². The van der Waals surface area contributed by atoms with Gasteiger partial charge >= 0.3 is 0 Å². The second-order valence-electron chi connectivity index (χ2n) is 47.8. The molecule has 19 heteroatoms. The number of carbonyl (C=O) groups excluding carboxylic acids is 6. The zero-order valence-corrected chi connectivity index (χ0v) is 76.1. The maximum atomic E-state index is 14.7. The van der Waals surface area contributed by atoms with Crippen molar-refractivity contribution in [3.05, 3.63) is 97.2 Å². The number of hydrogen-bond acceptors (Lipinski definition) is 15. The third-order valence-corrected chi connectivity index (χ3v) is 41.3. The molecule has 24 atom stereocenters. The molecule has 0 aliphatic heterocycles. The number of tetrazole rings is 1. The summed E-state index contributed by atoms with van der Waals surface area (Å²) in [6, 6.07) is 0. The summed E-state index contributed by atoms with van der Waals surface area (Å²) >= 11 is 1.75. The Morgan fingerprint density at radius 3 is 1.06 bits per heavy atom. The zero-order valence-electron chi connectivity index (χ0n) is 75.3. The summed E-state index contributed by atoms with van der Waals surface area (Å²) in [4.78, 5) is 96.6. The van der Waals surface area contributed by atoms with E-state index in [2.05, 4.69) is 144 Å². The predicted molar refractivity (Wildman–Crippen MR) is 450 cm³/mol. The SMILES string of the molecule is [C-]#[N+]C1=C[C@]2(C)[C@H]3CC(=O)[C@@H]4[C@@H]5CC(C)(C)CC[C@]5(c5nnc(C)o5)CC[C@@]4(C)[C@]3(C)CC[C@H]2C(C)(C)C1=O.[C-]#[N+]C1=C[C@]2(C)[C@H]3CC(=O)[C@@H]4[C@@H]5CC(C)(C)CC[C@]5(c5nnc(C)s5)CC[C@@]4(C)[C@]3(C)CC[C@H]2C(C)(C)C1=O.[C-]#[N+]C1=C[C@]2(C)[C@H]3CC(=O)[C@@H]4[C@@H]5CC(C)(C)CC[C@]5(c5nnn(C)n5)CC[C@@]4(C)[C@]3(C)CC[C@H]2C(C)(C)C1=O. The summed E-state index contributed by atoms with van der Waals surface area (Å²) in [6.45, 7) is 75.1. The molecule has 0 aromatic carbocycles. The summed E-state index contributed by atoms with van der Waals surface area (Å²) in [5, 5.41) is 33.8. The summed E-state index contributed by atoms with van der Waals surface area (Å²) in [7, 11) is 1.83. The molecule has 15 aliphatic rings. The number of fused-ring (bicyclic) bond motifs is 21. The van der Waals surface area contributed by atoms with Crippen LogP contribution in [0.4, 0.5) is 0 Å². The smallest absolute Gasteiger partial charge is 0.226 e. The number of carbonyl (C=O) groups is 6. The number of nitrogens with zero attached hydrogens (tertiary/aromatic N) is 11. The van der Waals surface area contributed by atoms with Crippen LogP contribution < -0.4 is 0 Å². The van der Waals surface area contributed by atoms with Crippen molar-refractivity contribution in [2.24, 2.45) is 159 Å². The Labute approximate surface area is 701 Å². The molecule has 0 amide bonds. The Bertz CT molecular complexity index is 4480. The molecule has 0 saturated heterocycles. The van der Waals surface area contributed by atoms with E-state index in [4.69, 9.17) is 34.3 Å². The third kappa shape index (κ3) is 11.2. The van der Waals surface area contributed by atoms with Crippen LogP contribution in [-0.4, -0.2) is 75.3 Å². The van der Waals surface area contributed by atoms with Crippen LogP contribution in [0.1, 0.15) is 327 Å². The lowest BCUT2D eigenvalue weighted by Gasteiger charge is -2.72. The predicted octanol–water partition coefficient (Wildman–Crippen LogP) is 21.1. The average Bonchev–Trinajstić information content (AvgIpc) is 1.26. The van der Waals surface area contributed by atoms with Crippen molar-refractivity contribution < 1.29 is 33.2 Å². The van der Waals surface area contributed by atoms with Gasteiger partial charge in [-0.3, -0.25) is 14.4 Å². The minimum absolute atomic E-state index is 0.0129. The highest BCUT2D eigenvalue weighted by Crippen LogP contribution is 2.81. The fraction of sp³-hybridized carbons (Fsp3) is 0.796. The number of hydrogen-bond donors (Lipinski definition) is 0. The van der Waals surface area contributed by atoms with Gasteiger partial charge in [-0.15, -0.1) is 41.9 Å². The number of allylic oxidation sites excluding steroid dienone is 6. The Hall–Kier alpha value is -6.52. The largest absolute Gasteiger partial charge is 0.425 e. The van der Waals surface area contributed by atoms with Crippen LogP contribution in [0.3, 0.4) is 0 Å². The molecule has 12 saturated carbocycles. The number of rotatable bonds is 3. The highest BCUT2D eigenvalue weighted by Gasteiger charge is 2.78. The van der Waals surface area contributed by atoms with E-state index in [-0.39, 0.29) is 187 Å². The topological polar surface area (TPSA) is 224 Å². The van der Waals surface area contributed by atoms with Crippen molar-refractivity contribution in [3.63, 3.8) is 0 Å². The molecule has 0 N–H and O–H groups in total. The van der Waals surface area contributed by atoms with Crippen molar-refractivity contribution in [2.75, 3.05) is 0 Å². The van der Waals surface area contributed by atoms with Crippen molar-refractivity contribution in [1.29, 1.82) is 0 Å². The molecule has 15 aliphatic carbocycles. The molecule has 3 heterocycles. The molecular formula is C98H135N11O7S. The lowest BCUT2D eigenvalue weighted by molar-refractivity contribution is -0.215. The van der Waals surface area contributed by atoms with Gasteiger partial charge in [0.05, 0.1) is 32.2 Å². The third-order valence-electron chi connectivity index (χ3n) is 40.2. The second-order valence-corrected chi connectivity index (χ2v) is 49.0. The summed E-state index contributed by atoms with van der Waals surface area (Å²) in [6.07, 6.45) is 29.0. The standard InChI is InChI=1S/C33H45N3O3.C33H45N3O2S.C32H45N5O2/c2*1-19-35-36-27(39-19)33-14-12-28(2,3)17-20(33)25-22(37)16-24-30(6)18-21(34-9)26(38)29(4,5)23(30)10-11-31(24,7)32(25,8)13-15-33;1-27(2)12-14-32(26-34-36-37(9)35-26)15-13-31(7)24(19(32)17-27)21(38)16-23-29(5)18-20(33-8)25(39)28(3,4)22(29)10-11-30(23,31)6/h2*18,20,23-25H,10-17H2,1-8H3;18-19,22-24H,10-17H2,1-7,9H3/t2*20-,23-,24+,25-,30-,31+,32+,33-;19-,22-,23+,24-,29-,30+,31+,32-/m000/s1. The first-order valence-electron chi connectivity index (χ1n) is 45.1. The molecule has 18 nitrogen and oxygen atoms in total. The lowest BCUT2D eigenvalue weighted by Crippen LogP contribution is -2.69. The van der Waals surface area contributed by atoms with Gasteiger partial charge in [0.15, 0.2) is 23.2 Å². The van der Waals surface area contributed by atoms with Gasteiger partial charge < -0.3 is 18.8 Å². The summed E-state index contributed by atoms with van der Waals surface area (Å²) in [5.41, 5.74) is -2.64. The second kappa shape index (κ2) is 26.3. The lowest BCUT2D eigenvalue weighted by atomic mass is 9.31. The van der Waals surface area contributed by atoms with Gasteiger partial charge in [-0.1, -0.05) is 164 Å². The molecule has 3 aromatic heterocycles. The maximum absolute atomic E-state index is 14.7. The quantitative estimate of drug-likeness (QED) is 0.223. The van der Waals surface area contributed by atoms with E-state index >= 15 is 0 Å². The van der Waals surface area contributed by atoms with Crippen LogP contribution >= 0.6 is 11.3 Å². The van der Waals surface area contributed by atoms with E-state index in [0.717, 1.165) is 157 Å². The molecule has 18 rings (SSSR count). The zero-order chi connectivity index (χ0) is 85.2. The van der Waals surface area contributed by atoms with Gasteiger partial charge in [0.2, 0.25) is 28.9 Å². The van der Waals surface area contributed by atoms with E-state index in [9.17, 15) is 28.8 Å². The van der Waals surface area contributed by atoms with E-state index in [1.54, 1.807) is 16.1 Å². The fourth-order valence-electron chi connectivity index (χ4n) is 33.4. The van der Waals surface area contributed by atoms with E-state index in [1.807, 2.05) is 80.7 Å². The van der Waals surface area contributed by atoms with Gasteiger partial charge in [0.25, 0.3) is 0 Å². The average molecular weight is 1610 g/mol. The summed E-state index contributed by atoms with van der Waals surface area (Å²) in [5.74, 6) is 4.60. The molecule has 0 spiro atoms. The van der Waals surface area contributed by atoms with Gasteiger partial charge in [-0.2, -0.15) is 4.80 Å². The molecule has 0 unspecified atom stereocenters. The van der Waals surface area contributed by atoms with Crippen molar-refractivity contribution in [1.82, 2.24) is 40.6 Å². The van der Waals surface area contributed by atoms with Gasteiger partial charge in [-0.25, -0.2) is 14.5 Å². The van der Waals surface area contributed by atoms with E-state index < -0.39 is 16.2 Å². The van der Waals surface area contributed by atoms with Crippen LogP contribution in [0.25, 0.3) is 14.5 Å². The highest BCUT2D eigenvalue weighted by atomic mass is 32.1. The highest BCUT2D eigenvalue weighted by molar-refractivity contribution is 7.11. The Morgan fingerprint density at radius 2 is 0.726 bits per heavy atom. The van der Waals surface area contributed by atoms with Crippen LogP contribution in [0.15, 0.2) is 39.7 Å². The van der Waals surface area contributed by atoms with Crippen molar-refractivity contribution in [2.45, 2.75) is 330 Å². The normalized spacial score (nSPS) is 46.2. The fourth-order valence-corrected chi connectivity index (χ4v) is 34.4. The van der Waals surface area contributed by atoms with Crippen molar-refractivity contribution in [3.8, 4) is 0 Å². The first kappa shape index (κ1) is 84.1. The maximum Gasteiger partial charge on any atom is 0.226 e. The molecule has 117 heavy (non-hydrogen) atoms. The van der Waals surface area contributed by atoms with Gasteiger partial charge in [0.1, 0.15) is 27.4 Å². The molecule has 12 fully saturated rings. The van der Waals surface area contributed by atoms with Crippen LogP contribution in [0.2, 0.25) is 0 Å².